The van der Waals surface area contributed by atoms with E-state index in [9.17, 15) is 5.11 Å². The lowest BCUT2D eigenvalue weighted by Crippen LogP contribution is -2.28. The maximum Gasteiger partial charge on any atom is 0.224 e. The maximum absolute atomic E-state index is 9.44. The van der Waals surface area contributed by atoms with Crippen LogP contribution < -0.4 is 5.32 Å². The van der Waals surface area contributed by atoms with E-state index >= 15 is 0 Å². The third-order valence-electron chi connectivity index (χ3n) is 3.73. The summed E-state index contributed by atoms with van der Waals surface area (Å²) >= 11 is 0. The van der Waals surface area contributed by atoms with E-state index in [2.05, 4.69) is 32.2 Å². The molecule has 1 fully saturated rings. The Bertz CT molecular complexity index is 679. The van der Waals surface area contributed by atoms with Gasteiger partial charge in [0, 0.05) is 37.5 Å². The monoisotopic (exact) mass is 311 g/mol. The van der Waals surface area contributed by atoms with Gasteiger partial charge in [0.15, 0.2) is 5.82 Å². The predicted molar refractivity (Wildman–Crippen MR) is 91.0 cm³/mol. The summed E-state index contributed by atoms with van der Waals surface area (Å²) in [5, 5.41) is 12.7. The molecule has 1 aliphatic rings. The summed E-state index contributed by atoms with van der Waals surface area (Å²) in [7, 11) is 0. The molecular weight excluding hydrogens is 290 g/mol. The van der Waals surface area contributed by atoms with Crippen molar-refractivity contribution in [2.75, 3.05) is 11.9 Å². The fraction of sp³-hybridized carbons (Fsp3) is 0.412. The lowest BCUT2D eigenvalue weighted by atomic mass is 9.93. The van der Waals surface area contributed by atoms with Crippen molar-refractivity contribution in [1.82, 2.24) is 15.0 Å². The number of nitrogens with one attached hydrogen (secondary N) is 1. The normalized spacial score (nSPS) is 16.8. The standard InChI is InChI=1S/C17H21N5O/c1-2-3-7-19-17-20-11-14(15-6-4-5-8-18-15)16(22-17)21-12-9-13(23)10-12/h4-6,8,11,13,23H,2-3,7,9-10H2,1H3,(H,19,20,22). The Hall–Kier alpha value is -2.34. The van der Waals surface area contributed by atoms with Gasteiger partial charge in [-0.3, -0.25) is 4.98 Å². The topological polar surface area (TPSA) is 83.3 Å². The number of pyridine rings is 1. The Balaban J connectivity index is 1.90. The average Bonchev–Trinajstić information content (AvgIpc) is 2.55. The lowest BCUT2D eigenvalue weighted by molar-refractivity contribution is 0.165. The number of aromatic nitrogens is 3. The predicted octanol–water partition coefficient (Wildman–Crippen LogP) is 2.98. The number of aliphatic imine (C=N–C) groups is 1. The van der Waals surface area contributed by atoms with E-state index < -0.39 is 0 Å². The van der Waals surface area contributed by atoms with E-state index in [0.717, 1.165) is 36.4 Å². The molecule has 0 aromatic carbocycles. The summed E-state index contributed by atoms with van der Waals surface area (Å²) in [5.74, 6) is 1.19. The molecule has 2 aromatic heterocycles. The van der Waals surface area contributed by atoms with E-state index in [1.54, 1.807) is 12.4 Å². The third kappa shape index (κ3) is 3.90. The Kier molecular flexibility index (Phi) is 4.92. The van der Waals surface area contributed by atoms with Crippen molar-refractivity contribution in [3.8, 4) is 11.3 Å². The van der Waals surface area contributed by atoms with Crippen molar-refractivity contribution in [2.45, 2.75) is 38.7 Å². The highest BCUT2D eigenvalue weighted by Gasteiger charge is 2.23. The van der Waals surface area contributed by atoms with Gasteiger partial charge in [-0.05, 0) is 18.6 Å². The van der Waals surface area contributed by atoms with Gasteiger partial charge in [-0.15, -0.1) is 0 Å². The Labute approximate surface area is 135 Å². The van der Waals surface area contributed by atoms with Crippen LogP contribution in [-0.4, -0.2) is 38.4 Å². The van der Waals surface area contributed by atoms with Crippen LogP contribution in [0.5, 0.6) is 0 Å². The highest BCUT2D eigenvalue weighted by atomic mass is 16.3. The molecule has 6 heteroatoms. The van der Waals surface area contributed by atoms with Gasteiger partial charge in [-0.1, -0.05) is 19.4 Å². The molecule has 0 saturated heterocycles. The van der Waals surface area contributed by atoms with Crippen molar-refractivity contribution in [2.24, 2.45) is 4.99 Å². The zero-order valence-corrected chi connectivity index (χ0v) is 13.2. The molecule has 0 aliphatic heterocycles. The average molecular weight is 311 g/mol. The summed E-state index contributed by atoms with van der Waals surface area (Å²) < 4.78 is 0. The number of hydrogen-bond acceptors (Lipinski definition) is 6. The van der Waals surface area contributed by atoms with Gasteiger partial charge in [-0.2, -0.15) is 4.98 Å². The molecule has 0 amide bonds. The smallest absolute Gasteiger partial charge is 0.224 e. The number of nitrogens with zero attached hydrogens (tertiary/aromatic N) is 4. The molecule has 6 nitrogen and oxygen atoms in total. The summed E-state index contributed by atoms with van der Waals surface area (Å²) in [6, 6.07) is 5.72. The van der Waals surface area contributed by atoms with Gasteiger partial charge >= 0.3 is 0 Å². The Morgan fingerprint density at radius 2 is 2.17 bits per heavy atom. The second-order valence-electron chi connectivity index (χ2n) is 5.67. The van der Waals surface area contributed by atoms with Crippen molar-refractivity contribution in [3.63, 3.8) is 0 Å². The van der Waals surface area contributed by atoms with E-state index in [1.165, 1.54) is 0 Å². The zero-order chi connectivity index (χ0) is 16.1. The number of hydrogen-bond donors (Lipinski definition) is 2. The van der Waals surface area contributed by atoms with Gasteiger partial charge in [0.1, 0.15) is 0 Å². The van der Waals surface area contributed by atoms with Gasteiger partial charge in [0.2, 0.25) is 5.95 Å². The van der Waals surface area contributed by atoms with Gasteiger partial charge in [0.05, 0.1) is 17.4 Å². The summed E-state index contributed by atoms with van der Waals surface area (Å²) in [4.78, 5) is 17.9. The van der Waals surface area contributed by atoms with Crippen LogP contribution in [0.25, 0.3) is 11.3 Å². The second-order valence-corrected chi connectivity index (χ2v) is 5.67. The van der Waals surface area contributed by atoms with Gasteiger partial charge in [0.25, 0.3) is 0 Å². The number of aliphatic hydroxyl groups excluding tert-OH is 1. The lowest BCUT2D eigenvalue weighted by Gasteiger charge is -2.22. The molecule has 2 N–H and O–H groups in total. The van der Waals surface area contributed by atoms with Crippen LogP contribution in [0.1, 0.15) is 32.6 Å². The largest absolute Gasteiger partial charge is 0.392 e. The molecule has 0 spiro atoms. The van der Waals surface area contributed by atoms with Gasteiger partial charge in [-0.25, -0.2) is 9.98 Å². The second kappa shape index (κ2) is 7.28. The molecule has 0 bridgehead atoms. The molecule has 0 atom stereocenters. The van der Waals surface area contributed by atoms with Crippen LogP contribution >= 0.6 is 0 Å². The van der Waals surface area contributed by atoms with Crippen LogP contribution in [0.2, 0.25) is 0 Å². The molecule has 23 heavy (non-hydrogen) atoms. The van der Waals surface area contributed by atoms with Crippen LogP contribution in [0.15, 0.2) is 35.6 Å². The van der Waals surface area contributed by atoms with Crippen LogP contribution in [0.4, 0.5) is 11.8 Å². The zero-order valence-electron chi connectivity index (χ0n) is 13.2. The quantitative estimate of drug-likeness (QED) is 0.801. The highest BCUT2D eigenvalue weighted by molar-refractivity contribution is 5.93. The van der Waals surface area contributed by atoms with E-state index in [0.29, 0.717) is 24.6 Å². The van der Waals surface area contributed by atoms with Crippen molar-refractivity contribution in [3.05, 3.63) is 30.6 Å². The maximum atomic E-state index is 9.44. The van der Waals surface area contributed by atoms with E-state index in [-0.39, 0.29) is 6.10 Å². The molecule has 0 radical (unpaired) electrons. The number of unbranched alkanes of at least 4 members (excludes halogenated alkanes) is 1. The first kappa shape index (κ1) is 15.6. The number of aliphatic hydroxyl groups is 1. The minimum atomic E-state index is -0.268. The number of anilines is 1. The van der Waals surface area contributed by atoms with E-state index in [4.69, 9.17) is 0 Å². The summed E-state index contributed by atoms with van der Waals surface area (Å²) in [5.41, 5.74) is 2.57. The van der Waals surface area contributed by atoms with Crippen LogP contribution in [0, 0.1) is 0 Å². The molecule has 0 unspecified atom stereocenters. The third-order valence-corrected chi connectivity index (χ3v) is 3.73. The molecule has 2 aromatic rings. The SMILES string of the molecule is CCCCNc1ncc(-c2ccccn2)c(N=C2CC(O)C2)n1. The molecule has 1 aliphatic carbocycles. The minimum Gasteiger partial charge on any atom is -0.392 e. The first-order valence-corrected chi connectivity index (χ1v) is 8.03. The van der Waals surface area contributed by atoms with E-state index in [1.807, 2.05) is 18.2 Å². The van der Waals surface area contributed by atoms with Gasteiger partial charge < -0.3 is 10.4 Å². The Morgan fingerprint density at radius 3 is 2.87 bits per heavy atom. The first-order chi connectivity index (χ1) is 11.3. The fourth-order valence-electron chi connectivity index (χ4n) is 2.35. The van der Waals surface area contributed by atoms with Crippen LogP contribution in [-0.2, 0) is 0 Å². The Morgan fingerprint density at radius 1 is 1.30 bits per heavy atom. The first-order valence-electron chi connectivity index (χ1n) is 8.03. The van der Waals surface area contributed by atoms with Crippen LogP contribution in [0.3, 0.4) is 0 Å². The molecule has 120 valence electrons. The molecule has 3 rings (SSSR count). The molecular formula is C17H21N5O. The number of rotatable bonds is 6. The molecule has 2 heterocycles. The highest BCUT2D eigenvalue weighted by Crippen LogP contribution is 2.29. The molecule has 1 saturated carbocycles. The fourth-order valence-corrected chi connectivity index (χ4v) is 2.35. The van der Waals surface area contributed by atoms with Crippen molar-refractivity contribution >= 4 is 17.5 Å². The van der Waals surface area contributed by atoms with Crippen molar-refractivity contribution < 1.29 is 5.11 Å². The summed E-state index contributed by atoms with van der Waals surface area (Å²) in [6.45, 7) is 2.99. The summed E-state index contributed by atoms with van der Waals surface area (Å²) in [6.07, 6.45) is 6.66. The minimum absolute atomic E-state index is 0.268. The van der Waals surface area contributed by atoms with Crippen molar-refractivity contribution in [1.29, 1.82) is 0 Å².